The highest BCUT2D eigenvalue weighted by atomic mass is 16.3. The lowest BCUT2D eigenvalue weighted by Crippen LogP contribution is -2.14. The molecule has 112 valence electrons. The van der Waals surface area contributed by atoms with Gasteiger partial charge in [-0.15, -0.1) is 0 Å². The molecule has 19 heavy (non-hydrogen) atoms. The van der Waals surface area contributed by atoms with Gasteiger partial charge < -0.3 is 5.11 Å². The van der Waals surface area contributed by atoms with Crippen molar-refractivity contribution in [2.45, 2.75) is 79.2 Å². The van der Waals surface area contributed by atoms with Crippen LogP contribution in [0.3, 0.4) is 0 Å². The Morgan fingerprint density at radius 2 is 1.63 bits per heavy atom. The highest BCUT2D eigenvalue weighted by Gasteiger charge is 2.17. The Morgan fingerprint density at radius 3 is 2.11 bits per heavy atom. The number of aliphatic hydroxyl groups excluding tert-OH is 1. The summed E-state index contributed by atoms with van der Waals surface area (Å²) in [5.41, 5.74) is 0. The first-order valence-electron chi connectivity index (χ1n) is 7.98. The Balaban J connectivity index is 4.00. The summed E-state index contributed by atoms with van der Waals surface area (Å²) in [4.78, 5) is 0. The van der Waals surface area contributed by atoms with Gasteiger partial charge in [-0.05, 0) is 50.9 Å². The van der Waals surface area contributed by atoms with Crippen molar-refractivity contribution in [2.24, 2.45) is 23.7 Å². The van der Waals surface area contributed by atoms with Crippen molar-refractivity contribution in [3.63, 3.8) is 0 Å². The summed E-state index contributed by atoms with van der Waals surface area (Å²) in [6.07, 6.45) is 6.60. The molecule has 2 heteroatoms. The first kappa shape index (κ1) is 18.4. The van der Waals surface area contributed by atoms with Crippen LogP contribution in [-0.2, 0) is 0 Å². The van der Waals surface area contributed by atoms with E-state index >= 15 is 0 Å². The summed E-state index contributed by atoms with van der Waals surface area (Å²) in [5.74, 6) is 2.27. The lowest BCUT2D eigenvalue weighted by molar-refractivity contribution is 0.157. The monoisotopic (exact) mass is 267 g/mol. The summed E-state index contributed by atoms with van der Waals surface area (Å²) in [6, 6.07) is 2.33. The van der Waals surface area contributed by atoms with Gasteiger partial charge in [-0.2, -0.15) is 5.26 Å². The van der Waals surface area contributed by atoms with E-state index in [1.165, 1.54) is 25.7 Å². The third-order valence-electron chi connectivity index (χ3n) is 4.38. The summed E-state index contributed by atoms with van der Waals surface area (Å²) < 4.78 is 0. The van der Waals surface area contributed by atoms with Gasteiger partial charge in [0.25, 0.3) is 0 Å². The van der Waals surface area contributed by atoms with E-state index in [0.717, 1.165) is 24.7 Å². The van der Waals surface area contributed by atoms with E-state index in [1.54, 1.807) is 0 Å². The molecule has 0 aliphatic rings. The minimum Gasteiger partial charge on any atom is -0.393 e. The normalized spacial score (nSPS) is 19.2. The van der Waals surface area contributed by atoms with E-state index in [4.69, 9.17) is 5.26 Å². The number of aliphatic hydroxyl groups is 1. The molecule has 0 amide bonds. The second kappa shape index (κ2) is 10.3. The molecule has 0 fully saturated rings. The van der Waals surface area contributed by atoms with Crippen molar-refractivity contribution < 1.29 is 5.11 Å². The highest BCUT2D eigenvalue weighted by molar-refractivity contribution is 4.79. The molecule has 0 saturated carbocycles. The second-order valence-electron chi connectivity index (χ2n) is 6.52. The van der Waals surface area contributed by atoms with E-state index in [2.05, 4.69) is 26.8 Å². The number of nitrogens with zero attached hydrogens (tertiary/aromatic N) is 1. The predicted molar refractivity (Wildman–Crippen MR) is 81.7 cm³/mol. The molecule has 5 unspecified atom stereocenters. The lowest BCUT2D eigenvalue weighted by atomic mass is 9.81. The van der Waals surface area contributed by atoms with Gasteiger partial charge >= 0.3 is 0 Å². The smallest absolute Gasteiger partial charge is 0.0652 e. The van der Waals surface area contributed by atoms with Gasteiger partial charge in [0.15, 0.2) is 0 Å². The SMILES string of the molecule is CCC(CCC(C)C#N)C(C)CCC(C)CC(C)O. The minimum atomic E-state index is -0.177. The van der Waals surface area contributed by atoms with Crippen LogP contribution in [0.2, 0.25) is 0 Å². The molecule has 2 nitrogen and oxygen atoms in total. The molecule has 0 aliphatic heterocycles. The van der Waals surface area contributed by atoms with E-state index < -0.39 is 0 Å². The summed E-state index contributed by atoms with van der Waals surface area (Å²) in [6.45, 7) is 10.7. The molecular weight excluding hydrogens is 234 g/mol. The van der Waals surface area contributed by atoms with Gasteiger partial charge in [0.05, 0.1) is 12.2 Å². The van der Waals surface area contributed by atoms with Gasteiger partial charge in [0.1, 0.15) is 0 Å². The third kappa shape index (κ3) is 9.05. The second-order valence-corrected chi connectivity index (χ2v) is 6.52. The predicted octanol–water partition coefficient (Wildman–Crippen LogP) is 4.78. The Hall–Kier alpha value is -0.550. The van der Waals surface area contributed by atoms with Gasteiger partial charge in [-0.1, -0.05) is 40.0 Å². The number of hydrogen-bond donors (Lipinski definition) is 1. The average Bonchev–Trinajstić information content (AvgIpc) is 2.35. The largest absolute Gasteiger partial charge is 0.393 e. The Morgan fingerprint density at radius 1 is 1.00 bits per heavy atom. The fraction of sp³-hybridized carbons (Fsp3) is 0.941. The van der Waals surface area contributed by atoms with Crippen LogP contribution in [0, 0.1) is 35.0 Å². The minimum absolute atomic E-state index is 0.177. The van der Waals surface area contributed by atoms with Crippen LogP contribution in [-0.4, -0.2) is 11.2 Å². The molecule has 5 atom stereocenters. The number of nitriles is 1. The molecule has 0 radical (unpaired) electrons. The number of hydrogen-bond acceptors (Lipinski definition) is 2. The standard InChI is InChI=1S/C17H33NO/c1-6-17(10-8-14(3)12-18)15(4)9-7-13(2)11-16(5)19/h13-17,19H,6-11H2,1-5H3. The zero-order valence-corrected chi connectivity index (χ0v) is 13.5. The number of rotatable bonds is 10. The van der Waals surface area contributed by atoms with E-state index in [1.807, 2.05) is 13.8 Å². The highest BCUT2D eigenvalue weighted by Crippen LogP contribution is 2.28. The summed E-state index contributed by atoms with van der Waals surface area (Å²) in [5, 5.41) is 18.2. The molecule has 0 rings (SSSR count). The van der Waals surface area contributed by atoms with Crippen LogP contribution in [0.5, 0.6) is 0 Å². The maximum absolute atomic E-state index is 9.39. The van der Waals surface area contributed by atoms with Crippen molar-refractivity contribution in [3.8, 4) is 6.07 Å². The molecule has 0 spiro atoms. The van der Waals surface area contributed by atoms with E-state index in [-0.39, 0.29) is 12.0 Å². The molecule has 0 aromatic heterocycles. The van der Waals surface area contributed by atoms with Crippen LogP contribution < -0.4 is 0 Å². The van der Waals surface area contributed by atoms with Gasteiger partial charge in [-0.3, -0.25) is 0 Å². The first-order chi connectivity index (χ1) is 8.90. The van der Waals surface area contributed by atoms with E-state index in [9.17, 15) is 5.11 Å². The third-order valence-corrected chi connectivity index (χ3v) is 4.38. The first-order valence-corrected chi connectivity index (χ1v) is 7.98. The molecule has 1 N–H and O–H groups in total. The molecule has 0 heterocycles. The maximum Gasteiger partial charge on any atom is 0.0652 e. The molecule has 0 aromatic carbocycles. The van der Waals surface area contributed by atoms with Gasteiger partial charge in [0.2, 0.25) is 0 Å². The van der Waals surface area contributed by atoms with Crippen molar-refractivity contribution in [2.75, 3.05) is 0 Å². The molecule has 0 aromatic rings. The molecular formula is C17H33NO. The van der Waals surface area contributed by atoms with Crippen LogP contribution in [0.25, 0.3) is 0 Å². The fourth-order valence-electron chi connectivity index (χ4n) is 2.90. The van der Waals surface area contributed by atoms with Crippen LogP contribution in [0.1, 0.15) is 73.1 Å². The van der Waals surface area contributed by atoms with Crippen LogP contribution in [0.4, 0.5) is 0 Å². The zero-order chi connectivity index (χ0) is 14.8. The van der Waals surface area contributed by atoms with Crippen LogP contribution in [0.15, 0.2) is 0 Å². The Bertz CT molecular complexity index is 256. The molecule has 0 aliphatic carbocycles. The quantitative estimate of drug-likeness (QED) is 0.619. The summed E-state index contributed by atoms with van der Waals surface area (Å²) in [7, 11) is 0. The molecule has 0 saturated heterocycles. The van der Waals surface area contributed by atoms with Gasteiger partial charge in [0, 0.05) is 5.92 Å². The molecule has 0 bridgehead atoms. The Kier molecular flexibility index (Phi) is 9.97. The zero-order valence-electron chi connectivity index (χ0n) is 13.5. The van der Waals surface area contributed by atoms with Crippen molar-refractivity contribution >= 4 is 0 Å². The topological polar surface area (TPSA) is 44.0 Å². The van der Waals surface area contributed by atoms with Gasteiger partial charge in [-0.25, -0.2) is 0 Å². The van der Waals surface area contributed by atoms with Crippen molar-refractivity contribution in [3.05, 3.63) is 0 Å². The van der Waals surface area contributed by atoms with Crippen LogP contribution >= 0.6 is 0 Å². The van der Waals surface area contributed by atoms with Crippen molar-refractivity contribution in [1.82, 2.24) is 0 Å². The summed E-state index contributed by atoms with van der Waals surface area (Å²) >= 11 is 0. The average molecular weight is 267 g/mol. The fourth-order valence-corrected chi connectivity index (χ4v) is 2.90. The van der Waals surface area contributed by atoms with Crippen molar-refractivity contribution in [1.29, 1.82) is 5.26 Å². The van der Waals surface area contributed by atoms with E-state index in [0.29, 0.717) is 5.92 Å². The maximum atomic E-state index is 9.39. The Labute approximate surface area is 120 Å². The lowest BCUT2D eigenvalue weighted by Gasteiger charge is -2.24.